The number of carbonyl (C=O) groups excluding carboxylic acids is 1. The lowest BCUT2D eigenvalue weighted by atomic mass is 9.76. The molecular weight excluding hydrogens is 673 g/mol. The van der Waals surface area contributed by atoms with Crippen LogP contribution in [0.3, 0.4) is 0 Å². The van der Waals surface area contributed by atoms with Gasteiger partial charge in [0.15, 0.2) is 0 Å². The third-order valence-corrected chi connectivity index (χ3v) is 11.8. The van der Waals surface area contributed by atoms with Gasteiger partial charge in [-0.15, -0.1) is 0 Å². The zero-order valence-corrected chi connectivity index (χ0v) is 22.1. The molecule has 0 aliphatic heterocycles. The number of primary sulfonamides is 1. The molecule has 0 saturated heterocycles. The summed E-state index contributed by atoms with van der Waals surface area (Å²) in [6.45, 7) is 0. The highest BCUT2D eigenvalue weighted by Gasteiger charge is 2.51. The average molecular weight is 691 g/mol. The van der Waals surface area contributed by atoms with E-state index in [-0.39, 0.29) is 33.5 Å². The molecule has 1 aromatic carbocycles. The van der Waals surface area contributed by atoms with Crippen LogP contribution in [0.5, 0.6) is 0 Å². The predicted molar refractivity (Wildman–Crippen MR) is 137 cm³/mol. The zero-order valence-electron chi connectivity index (χ0n) is 15.5. The smallest absolute Gasteiger partial charge is 0.257 e. The van der Waals surface area contributed by atoms with E-state index in [0.29, 0.717) is 3.92 Å². The first-order chi connectivity index (χ1) is 14.0. The lowest BCUT2D eigenvalue weighted by Crippen LogP contribution is -2.55. The predicted octanol–water partition coefficient (Wildman–Crippen LogP) is 4.62. The topological polar surface area (TPSA) is 89.3 Å². The maximum Gasteiger partial charge on any atom is 0.257 e. The highest BCUT2D eigenvalue weighted by molar-refractivity contribution is 14.1. The van der Waals surface area contributed by atoms with Gasteiger partial charge in [-0.3, -0.25) is 4.79 Å². The summed E-state index contributed by atoms with van der Waals surface area (Å²) >= 11 is 16.2. The molecule has 0 bridgehead atoms. The molecule has 5 nitrogen and oxygen atoms in total. The Kier molecular flexibility index (Phi) is 6.39. The van der Waals surface area contributed by atoms with E-state index in [4.69, 9.17) is 28.3 Å². The highest BCUT2D eigenvalue weighted by Crippen LogP contribution is 2.48. The van der Waals surface area contributed by atoms with Gasteiger partial charge in [-0.2, -0.15) is 0 Å². The lowest BCUT2D eigenvalue weighted by Gasteiger charge is -2.37. The standard InChI is InChI=1S/C20H18Cl2I2N2O3S/c21-12-7-11(8-13(22)9-12)20(24,30(25,28)29)19(27)26-18-14-3-1-2-10(14)6-16-15(18)4-5-17(16)23/h1-3,6-9,14-15,17-18H,4-5H2,(H,26,27)(H2,25,28,29). The fourth-order valence-electron chi connectivity index (χ4n) is 4.50. The molecule has 0 aromatic heterocycles. The monoisotopic (exact) mass is 690 g/mol. The molecule has 10 heteroatoms. The number of nitrogens with two attached hydrogens (primary N) is 1. The number of halogens is 4. The second-order valence-corrected chi connectivity index (χ2v) is 14.1. The molecule has 0 heterocycles. The van der Waals surface area contributed by atoms with Crippen molar-refractivity contribution in [3.8, 4) is 0 Å². The quantitative estimate of drug-likeness (QED) is 0.357. The number of allylic oxidation sites excluding steroid dienone is 3. The maximum absolute atomic E-state index is 13.5. The Balaban J connectivity index is 1.74. The van der Waals surface area contributed by atoms with Crippen molar-refractivity contribution < 1.29 is 13.2 Å². The number of rotatable bonds is 4. The molecule has 0 radical (unpaired) electrons. The van der Waals surface area contributed by atoms with E-state index in [2.05, 4.69) is 40.1 Å². The van der Waals surface area contributed by atoms with E-state index in [0.717, 1.165) is 18.4 Å². The van der Waals surface area contributed by atoms with Crippen LogP contribution >= 0.6 is 68.4 Å². The number of fused-ring (bicyclic) bond motifs is 2. The van der Waals surface area contributed by atoms with Crippen LogP contribution in [0.1, 0.15) is 18.4 Å². The van der Waals surface area contributed by atoms with Crippen molar-refractivity contribution in [1.82, 2.24) is 5.32 Å². The van der Waals surface area contributed by atoms with E-state index >= 15 is 0 Å². The van der Waals surface area contributed by atoms with Crippen LogP contribution in [0.4, 0.5) is 0 Å². The van der Waals surface area contributed by atoms with Crippen molar-refractivity contribution >= 4 is 84.3 Å². The van der Waals surface area contributed by atoms with Gasteiger partial charge in [0.1, 0.15) is 0 Å². The van der Waals surface area contributed by atoms with Gasteiger partial charge in [-0.25, -0.2) is 13.6 Å². The van der Waals surface area contributed by atoms with Gasteiger partial charge in [0.05, 0.1) is 0 Å². The highest BCUT2D eigenvalue weighted by atomic mass is 127. The van der Waals surface area contributed by atoms with Crippen molar-refractivity contribution in [3.05, 3.63) is 69.3 Å². The fraction of sp³-hybridized carbons (Fsp3) is 0.350. The summed E-state index contributed by atoms with van der Waals surface area (Å²) in [6, 6.07) is 4.05. The first-order valence-corrected chi connectivity index (χ1v) is 13.9. The average Bonchev–Trinajstić information content (AvgIpc) is 3.26. The van der Waals surface area contributed by atoms with Gasteiger partial charge in [0.25, 0.3) is 5.91 Å². The van der Waals surface area contributed by atoms with E-state index in [1.165, 1.54) is 23.8 Å². The molecule has 3 aliphatic rings. The summed E-state index contributed by atoms with van der Waals surface area (Å²) in [6.07, 6.45) is 10.3. The molecule has 3 aliphatic carbocycles. The van der Waals surface area contributed by atoms with Crippen molar-refractivity contribution in [2.24, 2.45) is 17.0 Å². The number of hydrogen-bond donors (Lipinski definition) is 2. The van der Waals surface area contributed by atoms with Crippen molar-refractivity contribution in [2.75, 3.05) is 0 Å². The molecule has 1 fully saturated rings. The van der Waals surface area contributed by atoms with E-state index < -0.39 is 18.7 Å². The normalized spacial score (nSPS) is 29.5. The van der Waals surface area contributed by atoms with Crippen LogP contribution < -0.4 is 10.5 Å². The summed E-state index contributed by atoms with van der Waals surface area (Å²) in [4.78, 5) is 13.5. The Morgan fingerprint density at radius 1 is 1.20 bits per heavy atom. The van der Waals surface area contributed by atoms with E-state index in [1.54, 1.807) is 22.6 Å². The van der Waals surface area contributed by atoms with Crippen LogP contribution in [0.25, 0.3) is 0 Å². The first kappa shape index (κ1) is 23.0. The molecule has 160 valence electrons. The molecule has 5 atom stereocenters. The molecule has 0 spiro atoms. The first-order valence-electron chi connectivity index (χ1n) is 9.25. The van der Waals surface area contributed by atoms with E-state index in [1.807, 2.05) is 12.2 Å². The second kappa shape index (κ2) is 8.33. The van der Waals surface area contributed by atoms with E-state index in [9.17, 15) is 13.2 Å². The third-order valence-electron chi connectivity index (χ3n) is 5.88. The van der Waals surface area contributed by atoms with Crippen LogP contribution in [0, 0.1) is 11.8 Å². The lowest BCUT2D eigenvalue weighted by molar-refractivity contribution is -0.122. The summed E-state index contributed by atoms with van der Waals surface area (Å²) in [5.74, 6) is -0.523. The Labute approximate surface area is 212 Å². The summed E-state index contributed by atoms with van der Waals surface area (Å²) < 4.78 is 23.7. The summed E-state index contributed by atoms with van der Waals surface area (Å²) in [7, 11) is -4.35. The molecule has 4 rings (SSSR count). The number of carbonyl (C=O) groups is 1. The SMILES string of the molecule is NS(=O)(=O)C(I)(C(=O)NC1C2C=CC=C2C=C2C(I)CCC21)c1cc(Cl)cc(Cl)c1. The van der Waals surface area contributed by atoms with Crippen LogP contribution in [-0.4, -0.2) is 24.3 Å². The zero-order chi connectivity index (χ0) is 21.8. The maximum atomic E-state index is 13.5. The molecule has 1 saturated carbocycles. The van der Waals surface area contributed by atoms with Crippen molar-refractivity contribution in [1.29, 1.82) is 0 Å². The molecule has 1 amide bonds. The molecule has 5 unspecified atom stereocenters. The van der Waals surface area contributed by atoms with Gasteiger partial charge in [0.2, 0.25) is 12.8 Å². The number of hydrogen-bond acceptors (Lipinski definition) is 3. The Bertz CT molecular complexity index is 1100. The number of alkyl halides is 2. The van der Waals surface area contributed by atoms with Crippen molar-refractivity contribution in [3.63, 3.8) is 0 Å². The molecular formula is C20H18Cl2I2N2O3S. The third kappa shape index (κ3) is 3.89. The minimum atomic E-state index is -4.35. The van der Waals surface area contributed by atoms with Gasteiger partial charge in [0, 0.05) is 31.8 Å². The van der Waals surface area contributed by atoms with Crippen molar-refractivity contribution in [2.45, 2.75) is 25.6 Å². The number of nitrogens with one attached hydrogen (secondary N) is 1. The molecule has 30 heavy (non-hydrogen) atoms. The van der Waals surface area contributed by atoms with Gasteiger partial charge >= 0.3 is 0 Å². The Morgan fingerprint density at radius 2 is 1.87 bits per heavy atom. The number of sulfonamides is 1. The summed E-state index contributed by atoms with van der Waals surface area (Å²) in [5, 5.41) is 9.06. The van der Waals surface area contributed by atoms with Crippen LogP contribution in [0.15, 0.2) is 53.6 Å². The number of amides is 1. The summed E-state index contributed by atoms with van der Waals surface area (Å²) in [5.41, 5.74) is 2.56. The fourth-order valence-corrected chi connectivity index (χ4v) is 7.26. The minimum Gasteiger partial charge on any atom is -0.349 e. The second-order valence-electron chi connectivity index (χ2n) is 7.67. The van der Waals surface area contributed by atoms with Gasteiger partial charge in [-0.05, 0) is 64.8 Å². The van der Waals surface area contributed by atoms with Gasteiger partial charge in [-0.1, -0.05) is 75.7 Å². The minimum absolute atomic E-state index is 0.00785. The Morgan fingerprint density at radius 3 is 2.50 bits per heavy atom. The van der Waals surface area contributed by atoms with Crippen LogP contribution in [0.2, 0.25) is 10.0 Å². The molecule has 3 N–H and O–H groups in total. The molecule has 1 aromatic rings. The van der Waals surface area contributed by atoms with Gasteiger partial charge < -0.3 is 5.32 Å². The van der Waals surface area contributed by atoms with Crippen LogP contribution in [-0.2, 0) is 17.6 Å². The number of benzene rings is 1. The largest absolute Gasteiger partial charge is 0.349 e. The Hall–Kier alpha value is -0.140.